The third-order valence-electron chi connectivity index (χ3n) is 5.37. The Hall–Kier alpha value is -3.92. The van der Waals surface area contributed by atoms with Crippen molar-refractivity contribution in [1.29, 1.82) is 0 Å². The summed E-state index contributed by atoms with van der Waals surface area (Å²) in [4.78, 5) is 36.1. The van der Waals surface area contributed by atoms with Gasteiger partial charge in [0.15, 0.2) is 18.1 Å². The highest BCUT2D eigenvalue weighted by Crippen LogP contribution is 2.28. The first-order valence-electron chi connectivity index (χ1n) is 12.0. The van der Waals surface area contributed by atoms with Crippen molar-refractivity contribution in [1.82, 2.24) is 10.7 Å². The third-order valence-corrected chi connectivity index (χ3v) is 5.37. The van der Waals surface area contributed by atoms with E-state index in [9.17, 15) is 14.4 Å². The van der Waals surface area contributed by atoms with Gasteiger partial charge in [-0.05, 0) is 67.6 Å². The van der Waals surface area contributed by atoms with Crippen LogP contribution in [0.15, 0.2) is 47.6 Å². The molecule has 3 rings (SSSR count). The monoisotopic (exact) mass is 496 g/mol. The summed E-state index contributed by atoms with van der Waals surface area (Å²) in [6.45, 7) is 5.04. The first kappa shape index (κ1) is 26.7. The minimum absolute atomic E-state index is 0.0543. The van der Waals surface area contributed by atoms with Gasteiger partial charge >= 0.3 is 11.8 Å². The highest BCUT2D eigenvalue weighted by Gasteiger charge is 2.19. The quantitative estimate of drug-likeness (QED) is 0.249. The number of ether oxygens (including phenoxy) is 3. The second kappa shape index (κ2) is 13.8. The van der Waals surface area contributed by atoms with Crippen LogP contribution in [0.4, 0.5) is 5.69 Å². The Bertz CT molecular complexity index is 1060. The summed E-state index contributed by atoms with van der Waals surface area (Å²) in [5, 5.41) is 9.15. The molecular weight excluding hydrogens is 464 g/mol. The van der Waals surface area contributed by atoms with Gasteiger partial charge < -0.3 is 24.8 Å². The molecule has 0 saturated carbocycles. The molecule has 1 fully saturated rings. The molecule has 0 radical (unpaired) electrons. The average molecular weight is 497 g/mol. The van der Waals surface area contributed by atoms with Crippen molar-refractivity contribution in [3.05, 3.63) is 53.6 Å². The summed E-state index contributed by atoms with van der Waals surface area (Å²) in [6, 6.07) is 12.6. The van der Waals surface area contributed by atoms with Crippen LogP contribution in [0.25, 0.3) is 0 Å². The number of hydrogen-bond acceptors (Lipinski definition) is 7. The van der Waals surface area contributed by atoms with Gasteiger partial charge in [0, 0.05) is 18.8 Å². The summed E-state index contributed by atoms with van der Waals surface area (Å²) >= 11 is 0. The minimum Gasteiger partial charge on any atom is -0.490 e. The molecule has 2 aromatic carbocycles. The lowest BCUT2D eigenvalue weighted by Gasteiger charge is -2.13. The Balaban J connectivity index is 1.50. The number of amides is 3. The number of rotatable bonds is 11. The van der Waals surface area contributed by atoms with Crippen molar-refractivity contribution in [2.75, 3.05) is 31.7 Å². The van der Waals surface area contributed by atoms with E-state index in [1.165, 1.54) is 11.8 Å². The molecule has 10 heteroatoms. The van der Waals surface area contributed by atoms with E-state index in [4.69, 9.17) is 14.2 Å². The van der Waals surface area contributed by atoms with E-state index in [-0.39, 0.29) is 25.2 Å². The first-order chi connectivity index (χ1) is 17.5. The largest absolute Gasteiger partial charge is 0.490 e. The van der Waals surface area contributed by atoms with Crippen LogP contribution in [0, 0.1) is 0 Å². The van der Waals surface area contributed by atoms with Gasteiger partial charge in [0.1, 0.15) is 0 Å². The van der Waals surface area contributed by atoms with Gasteiger partial charge in [-0.25, -0.2) is 5.43 Å². The van der Waals surface area contributed by atoms with E-state index in [2.05, 4.69) is 28.1 Å². The molecule has 1 saturated heterocycles. The summed E-state index contributed by atoms with van der Waals surface area (Å²) in [6.07, 6.45) is 4.06. The Morgan fingerprint density at radius 2 is 1.86 bits per heavy atom. The fourth-order valence-electron chi connectivity index (χ4n) is 3.47. The maximum absolute atomic E-state index is 12.3. The lowest BCUT2D eigenvalue weighted by atomic mass is 10.1. The number of hydrogen-bond donors (Lipinski definition) is 3. The Morgan fingerprint density at radius 1 is 1.06 bits per heavy atom. The zero-order valence-corrected chi connectivity index (χ0v) is 20.5. The molecular formula is C26H32N4O6. The zero-order chi connectivity index (χ0) is 25.8. The maximum Gasteiger partial charge on any atom is 0.329 e. The molecule has 10 nitrogen and oxygen atoms in total. The van der Waals surface area contributed by atoms with Gasteiger partial charge in [-0.3, -0.25) is 14.4 Å². The standard InChI is InChI=1S/C26H32N4O6/c1-3-18-7-10-20(11-8-18)29-24(31)17-36-22-12-9-19(14-23(22)34-4-2)15-28-30-26(33)25(32)27-16-21-6-5-13-35-21/h7-12,14-15,21H,3-6,13,16-17H2,1-2H3,(H,27,32)(H,29,31)(H,30,33)/b28-15-/t21-/m0/s1. The Labute approximate surface area is 210 Å². The first-order valence-corrected chi connectivity index (χ1v) is 12.0. The molecule has 0 spiro atoms. The zero-order valence-electron chi connectivity index (χ0n) is 20.5. The number of benzene rings is 2. The van der Waals surface area contributed by atoms with Crippen molar-refractivity contribution in [2.24, 2.45) is 5.10 Å². The van der Waals surface area contributed by atoms with Crippen LogP contribution < -0.4 is 25.5 Å². The number of carbonyl (C=O) groups is 3. The molecule has 36 heavy (non-hydrogen) atoms. The summed E-state index contributed by atoms with van der Waals surface area (Å²) in [5.41, 5.74) is 4.68. The maximum atomic E-state index is 12.3. The van der Waals surface area contributed by atoms with E-state index in [0.29, 0.717) is 36.0 Å². The average Bonchev–Trinajstić information content (AvgIpc) is 3.41. The molecule has 3 N–H and O–H groups in total. The normalized spacial score (nSPS) is 14.9. The lowest BCUT2D eigenvalue weighted by molar-refractivity contribution is -0.139. The molecule has 0 bridgehead atoms. The van der Waals surface area contributed by atoms with Crippen LogP contribution in [0.2, 0.25) is 0 Å². The molecule has 1 aliphatic rings. The number of carbonyl (C=O) groups excluding carboxylic acids is 3. The minimum atomic E-state index is -0.871. The van der Waals surface area contributed by atoms with Gasteiger partial charge in [0.2, 0.25) is 0 Å². The van der Waals surface area contributed by atoms with E-state index >= 15 is 0 Å². The number of anilines is 1. The molecule has 1 aliphatic heterocycles. The van der Waals surface area contributed by atoms with Gasteiger partial charge in [-0.1, -0.05) is 19.1 Å². The second-order valence-corrected chi connectivity index (χ2v) is 8.07. The van der Waals surface area contributed by atoms with Crippen molar-refractivity contribution >= 4 is 29.6 Å². The molecule has 0 aliphatic carbocycles. The van der Waals surface area contributed by atoms with E-state index in [0.717, 1.165) is 19.3 Å². The van der Waals surface area contributed by atoms with Crippen molar-refractivity contribution < 1.29 is 28.6 Å². The highest BCUT2D eigenvalue weighted by atomic mass is 16.5. The van der Waals surface area contributed by atoms with Crippen LogP contribution in [0.1, 0.15) is 37.8 Å². The van der Waals surface area contributed by atoms with Crippen LogP contribution in [-0.4, -0.2) is 56.4 Å². The number of hydrazone groups is 1. The van der Waals surface area contributed by atoms with Crippen molar-refractivity contribution in [2.45, 2.75) is 39.2 Å². The summed E-state index contributed by atoms with van der Waals surface area (Å²) in [7, 11) is 0. The molecule has 1 heterocycles. The van der Waals surface area contributed by atoms with Crippen LogP contribution in [-0.2, 0) is 25.5 Å². The third kappa shape index (κ3) is 8.38. The van der Waals surface area contributed by atoms with E-state index < -0.39 is 11.8 Å². The van der Waals surface area contributed by atoms with Gasteiger partial charge in [0.25, 0.3) is 5.91 Å². The topological polar surface area (TPSA) is 127 Å². The number of nitrogens with zero attached hydrogens (tertiary/aromatic N) is 1. The molecule has 0 unspecified atom stereocenters. The molecule has 1 atom stereocenters. The van der Waals surface area contributed by atoms with E-state index in [1.54, 1.807) is 18.2 Å². The highest BCUT2D eigenvalue weighted by molar-refractivity contribution is 6.35. The molecule has 3 amide bonds. The predicted octanol–water partition coefficient (Wildman–Crippen LogP) is 2.41. The van der Waals surface area contributed by atoms with Gasteiger partial charge in [-0.15, -0.1) is 0 Å². The molecule has 192 valence electrons. The fraction of sp³-hybridized carbons (Fsp3) is 0.385. The smallest absolute Gasteiger partial charge is 0.329 e. The second-order valence-electron chi connectivity index (χ2n) is 8.07. The van der Waals surface area contributed by atoms with Gasteiger partial charge in [-0.2, -0.15) is 5.10 Å². The SMILES string of the molecule is CCOc1cc(/C=N\NC(=O)C(=O)NC[C@@H]2CCCO2)ccc1OCC(=O)Nc1ccc(CC)cc1. The van der Waals surface area contributed by atoms with Crippen LogP contribution in [0.3, 0.4) is 0 Å². The van der Waals surface area contributed by atoms with E-state index in [1.807, 2.05) is 31.2 Å². The number of nitrogens with one attached hydrogen (secondary N) is 3. The summed E-state index contributed by atoms with van der Waals surface area (Å²) < 4.78 is 16.7. The molecule has 0 aromatic heterocycles. The fourth-order valence-corrected chi connectivity index (χ4v) is 3.47. The Kier molecular flexibility index (Phi) is 10.3. The van der Waals surface area contributed by atoms with Crippen molar-refractivity contribution in [3.8, 4) is 11.5 Å². The molecule has 2 aromatic rings. The van der Waals surface area contributed by atoms with Gasteiger partial charge in [0.05, 0.1) is 18.9 Å². The lowest BCUT2D eigenvalue weighted by Crippen LogP contribution is -2.41. The number of aryl methyl sites for hydroxylation is 1. The predicted molar refractivity (Wildman–Crippen MR) is 135 cm³/mol. The van der Waals surface area contributed by atoms with Crippen molar-refractivity contribution in [3.63, 3.8) is 0 Å². The Morgan fingerprint density at radius 3 is 2.56 bits per heavy atom. The van der Waals surface area contributed by atoms with Crippen LogP contribution >= 0.6 is 0 Å². The summed E-state index contributed by atoms with van der Waals surface area (Å²) in [5.74, 6) is -1.14. The van der Waals surface area contributed by atoms with Crippen LogP contribution in [0.5, 0.6) is 11.5 Å².